The van der Waals surface area contributed by atoms with Crippen LogP contribution in [-0.4, -0.2) is 30.3 Å². The summed E-state index contributed by atoms with van der Waals surface area (Å²) in [6, 6.07) is 0. The molecule has 0 aromatic heterocycles. The Balaban J connectivity index is 4.27. The minimum Gasteiger partial charge on any atom is -0.461 e. The molecule has 0 radical (unpaired) electrons. The second-order valence-corrected chi connectivity index (χ2v) is 4.98. The van der Waals surface area contributed by atoms with Crippen LogP contribution in [0.5, 0.6) is 0 Å². The lowest BCUT2D eigenvalue weighted by Gasteiger charge is -2.29. The first kappa shape index (κ1) is 20.1. The highest BCUT2D eigenvalue weighted by atomic mass is 19.4. The van der Waals surface area contributed by atoms with Gasteiger partial charge in [0, 0.05) is 0 Å². The zero-order valence-electron chi connectivity index (χ0n) is 12.0. The van der Waals surface area contributed by atoms with Crippen molar-refractivity contribution in [2.24, 2.45) is 0 Å². The third-order valence-corrected chi connectivity index (χ3v) is 3.11. The van der Waals surface area contributed by atoms with Crippen molar-refractivity contribution < 1.29 is 35.9 Å². The van der Waals surface area contributed by atoms with Gasteiger partial charge in [-0.2, -0.15) is 22.0 Å². The van der Waals surface area contributed by atoms with E-state index in [1.807, 2.05) is 6.92 Å². The Kier molecular flexibility index (Phi) is 7.53. The van der Waals surface area contributed by atoms with E-state index in [2.05, 4.69) is 4.74 Å². The number of esters is 1. The highest BCUT2D eigenvalue weighted by Crippen LogP contribution is 2.45. The Bertz CT molecular complexity index is 325. The summed E-state index contributed by atoms with van der Waals surface area (Å²) >= 11 is 0. The second-order valence-electron chi connectivity index (χ2n) is 4.98. The van der Waals surface area contributed by atoms with E-state index in [0.717, 1.165) is 25.7 Å². The molecule has 0 aromatic rings. The van der Waals surface area contributed by atoms with Crippen LogP contribution in [-0.2, 0) is 9.53 Å². The SMILES string of the molecule is CCCCCCCCOC(=O)C(F)(F)C(C)(F)C(F)(F)F. The van der Waals surface area contributed by atoms with Gasteiger partial charge in [-0.3, -0.25) is 0 Å². The van der Waals surface area contributed by atoms with Gasteiger partial charge in [0.1, 0.15) is 0 Å². The molecule has 0 aliphatic carbocycles. The third-order valence-electron chi connectivity index (χ3n) is 3.11. The molecule has 0 aliphatic rings. The van der Waals surface area contributed by atoms with Crippen molar-refractivity contribution in [2.75, 3.05) is 6.61 Å². The Labute approximate surface area is 119 Å². The van der Waals surface area contributed by atoms with Crippen LogP contribution in [0.15, 0.2) is 0 Å². The van der Waals surface area contributed by atoms with E-state index in [-0.39, 0.29) is 13.3 Å². The number of unbranched alkanes of at least 4 members (excludes halogenated alkanes) is 5. The van der Waals surface area contributed by atoms with E-state index >= 15 is 0 Å². The minimum absolute atomic E-state index is 0.251. The van der Waals surface area contributed by atoms with E-state index in [9.17, 15) is 31.1 Å². The Hall–Kier alpha value is -0.950. The van der Waals surface area contributed by atoms with Crippen LogP contribution < -0.4 is 0 Å². The Morgan fingerprint density at radius 3 is 1.86 bits per heavy atom. The van der Waals surface area contributed by atoms with Gasteiger partial charge in [0.05, 0.1) is 6.61 Å². The molecule has 0 saturated carbocycles. The minimum atomic E-state index is -5.87. The zero-order chi connectivity index (χ0) is 16.7. The van der Waals surface area contributed by atoms with Crippen LogP contribution in [0.4, 0.5) is 26.3 Å². The number of carbonyl (C=O) groups excluding carboxylic acids is 1. The summed E-state index contributed by atoms with van der Waals surface area (Å²) in [6.07, 6.45) is -1.22. The quantitative estimate of drug-likeness (QED) is 0.346. The molecule has 0 bridgehead atoms. The van der Waals surface area contributed by atoms with Gasteiger partial charge in [0.15, 0.2) is 0 Å². The van der Waals surface area contributed by atoms with E-state index in [0.29, 0.717) is 6.42 Å². The normalized spacial score (nSPS) is 15.6. The standard InChI is InChI=1S/C13H20F6O2/c1-3-4-5-6-7-8-9-21-10(20)12(15,16)11(2,14)13(17,18)19/h3-9H2,1-2H3. The summed E-state index contributed by atoms with van der Waals surface area (Å²) in [7, 11) is 0. The van der Waals surface area contributed by atoms with Crippen LogP contribution in [0.2, 0.25) is 0 Å². The molecule has 0 heterocycles. The van der Waals surface area contributed by atoms with Crippen molar-refractivity contribution in [3.05, 3.63) is 0 Å². The average molecular weight is 322 g/mol. The fourth-order valence-electron chi connectivity index (χ4n) is 1.51. The van der Waals surface area contributed by atoms with Crippen molar-refractivity contribution in [1.82, 2.24) is 0 Å². The van der Waals surface area contributed by atoms with E-state index < -0.39 is 30.3 Å². The zero-order valence-corrected chi connectivity index (χ0v) is 12.0. The first-order valence-corrected chi connectivity index (χ1v) is 6.79. The molecule has 1 atom stereocenters. The molecule has 0 saturated heterocycles. The number of hydrogen-bond donors (Lipinski definition) is 0. The predicted molar refractivity (Wildman–Crippen MR) is 64.9 cm³/mol. The van der Waals surface area contributed by atoms with Gasteiger partial charge >= 0.3 is 18.1 Å². The molecule has 21 heavy (non-hydrogen) atoms. The summed E-state index contributed by atoms with van der Waals surface area (Å²) in [5.41, 5.74) is -4.96. The summed E-state index contributed by atoms with van der Waals surface area (Å²) in [4.78, 5) is 11.0. The topological polar surface area (TPSA) is 26.3 Å². The highest BCUT2D eigenvalue weighted by Gasteiger charge is 2.72. The molecule has 2 nitrogen and oxygen atoms in total. The maximum Gasteiger partial charge on any atom is 0.428 e. The fourth-order valence-corrected chi connectivity index (χ4v) is 1.51. The van der Waals surface area contributed by atoms with Crippen molar-refractivity contribution in [2.45, 2.75) is 70.1 Å². The van der Waals surface area contributed by atoms with Gasteiger partial charge in [-0.05, 0) is 13.3 Å². The fraction of sp³-hybridized carbons (Fsp3) is 0.923. The Morgan fingerprint density at radius 2 is 1.38 bits per heavy atom. The molecule has 0 fully saturated rings. The van der Waals surface area contributed by atoms with Crippen LogP contribution in [0, 0.1) is 0 Å². The predicted octanol–water partition coefficient (Wildman–Crippen LogP) is 4.82. The molecule has 0 aliphatic heterocycles. The van der Waals surface area contributed by atoms with Gasteiger partial charge in [-0.15, -0.1) is 0 Å². The van der Waals surface area contributed by atoms with Gasteiger partial charge in [-0.1, -0.05) is 39.0 Å². The summed E-state index contributed by atoms with van der Waals surface area (Å²) in [6.45, 7) is 1.19. The van der Waals surface area contributed by atoms with Crippen molar-refractivity contribution in [1.29, 1.82) is 0 Å². The number of carbonyl (C=O) groups is 1. The molecule has 1 unspecified atom stereocenters. The number of alkyl halides is 6. The maximum absolute atomic E-state index is 13.2. The van der Waals surface area contributed by atoms with E-state index in [1.165, 1.54) is 0 Å². The molecule has 8 heteroatoms. The van der Waals surface area contributed by atoms with Crippen LogP contribution >= 0.6 is 0 Å². The first-order chi connectivity index (χ1) is 9.48. The van der Waals surface area contributed by atoms with Crippen LogP contribution in [0.25, 0.3) is 0 Å². The summed E-state index contributed by atoms with van der Waals surface area (Å²) < 4.78 is 80.2. The molecule has 0 N–H and O–H groups in total. The van der Waals surface area contributed by atoms with Crippen molar-refractivity contribution >= 4 is 5.97 Å². The summed E-state index contributed by atoms with van der Waals surface area (Å²) in [5.74, 6) is -7.76. The van der Waals surface area contributed by atoms with E-state index in [4.69, 9.17) is 0 Å². The molecule has 0 amide bonds. The van der Waals surface area contributed by atoms with Gasteiger partial charge in [-0.25, -0.2) is 9.18 Å². The van der Waals surface area contributed by atoms with E-state index in [1.54, 1.807) is 0 Å². The molecular weight excluding hydrogens is 302 g/mol. The first-order valence-electron chi connectivity index (χ1n) is 6.79. The largest absolute Gasteiger partial charge is 0.461 e. The Morgan fingerprint density at radius 1 is 0.905 bits per heavy atom. The van der Waals surface area contributed by atoms with Gasteiger partial charge in [0.25, 0.3) is 5.67 Å². The molecule has 0 rings (SSSR count). The number of ether oxygens (including phenoxy) is 1. The molecule has 126 valence electrons. The lowest BCUT2D eigenvalue weighted by Crippen LogP contribution is -2.57. The second kappa shape index (κ2) is 7.89. The maximum atomic E-state index is 13.2. The van der Waals surface area contributed by atoms with Gasteiger partial charge < -0.3 is 4.74 Å². The number of rotatable bonds is 9. The lowest BCUT2D eigenvalue weighted by molar-refractivity contribution is -0.293. The van der Waals surface area contributed by atoms with Crippen LogP contribution in [0.3, 0.4) is 0 Å². The monoisotopic (exact) mass is 322 g/mol. The van der Waals surface area contributed by atoms with Crippen molar-refractivity contribution in [3.8, 4) is 0 Å². The summed E-state index contributed by atoms with van der Waals surface area (Å²) in [5, 5.41) is 0. The molecular formula is C13H20F6O2. The number of hydrogen-bond acceptors (Lipinski definition) is 2. The number of halogens is 6. The molecule has 0 spiro atoms. The highest BCUT2D eigenvalue weighted by molar-refractivity contribution is 5.79. The smallest absolute Gasteiger partial charge is 0.428 e. The van der Waals surface area contributed by atoms with Crippen molar-refractivity contribution in [3.63, 3.8) is 0 Å². The third kappa shape index (κ3) is 5.39. The van der Waals surface area contributed by atoms with Crippen LogP contribution in [0.1, 0.15) is 52.4 Å². The van der Waals surface area contributed by atoms with Gasteiger partial charge in [0.2, 0.25) is 0 Å². The average Bonchev–Trinajstić information content (AvgIpc) is 2.35. The molecule has 0 aromatic carbocycles. The lowest BCUT2D eigenvalue weighted by atomic mass is 9.99.